The molecule has 2 aliphatic carbocycles. The van der Waals surface area contributed by atoms with Crippen molar-refractivity contribution in [1.29, 1.82) is 0 Å². The zero-order valence-corrected chi connectivity index (χ0v) is 19.9. The van der Waals surface area contributed by atoms with Crippen molar-refractivity contribution in [3.8, 4) is 0 Å². The molecular formula is C28H25FN6O. The van der Waals surface area contributed by atoms with Crippen LogP contribution in [-0.4, -0.2) is 44.9 Å². The van der Waals surface area contributed by atoms with Gasteiger partial charge in [0, 0.05) is 18.5 Å². The minimum atomic E-state index is -0.324. The highest BCUT2D eigenvalue weighted by atomic mass is 19.1. The number of dihydropyridines is 1. The van der Waals surface area contributed by atoms with E-state index < -0.39 is 0 Å². The summed E-state index contributed by atoms with van der Waals surface area (Å²) in [5.74, 6) is 1.03. The molecule has 4 aliphatic rings. The number of nitrogens with zero attached hydrogens (tertiary/aromatic N) is 5. The van der Waals surface area contributed by atoms with Gasteiger partial charge in [-0.2, -0.15) is 5.10 Å². The topological polar surface area (TPSA) is 87.1 Å². The lowest BCUT2D eigenvalue weighted by atomic mass is 9.88. The first-order valence-corrected chi connectivity index (χ1v) is 12.5. The average Bonchev–Trinajstić information content (AvgIpc) is 3.36. The Kier molecular flexibility index (Phi) is 4.61. The molecule has 4 atom stereocenters. The van der Waals surface area contributed by atoms with E-state index in [1.807, 2.05) is 42.5 Å². The molecule has 0 bridgehead atoms. The summed E-state index contributed by atoms with van der Waals surface area (Å²) in [7, 11) is 0. The van der Waals surface area contributed by atoms with E-state index in [0.717, 1.165) is 42.9 Å². The maximum Gasteiger partial charge on any atom is 0.257 e. The van der Waals surface area contributed by atoms with Crippen LogP contribution >= 0.6 is 0 Å². The maximum atomic E-state index is 14.7. The van der Waals surface area contributed by atoms with Crippen LogP contribution in [0.1, 0.15) is 31.0 Å². The number of amides is 1. The molecule has 0 radical (unpaired) electrons. The summed E-state index contributed by atoms with van der Waals surface area (Å²) in [6.07, 6.45) is 13.2. The van der Waals surface area contributed by atoms with E-state index in [2.05, 4.69) is 32.0 Å². The van der Waals surface area contributed by atoms with Crippen LogP contribution in [0.2, 0.25) is 0 Å². The summed E-state index contributed by atoms with van der Waals surface area (Å²) in [6.45, 7) is 3.84. The van der Waals surface area contributed by atoms with Crippen LogP contribution in [0.15, 0.2) is 71.4 Å². The van der Waals surface area contributed by atoms with Crippen molar-refractivity contribution in [2.75, 3.05) is 18.0 Å². The second-order valence-corrected chi connectivity index (χ2v) is 10.0. The van der Waals surface area contributed by atoms with Crippen molar-refractivity contribution in [2.45, 2.75) is 25.2 Å². The van der Waals surface area contributed by atoms with Gasteiger partial charge in [-0.1, -0.05) is 49.4 Å². The second kappa shape index (κ2) is 7.78. The predicted molar refractivity (Wildman–Crippen MR) is 135 cm³/mol. The number of benzene rings is 1. The first-order chi connectivity index (χ1) is 17.6. The van der Waals surface area contributed by atoms with Crippen LogP contribution < -0.4 is 4.90 Å². The van der Waals surface area contributed by atoms with Gasteiger partial charge in [0.15, 0.2) is 0 Å². The van der Waals surface area contributed by atoms with Crippen molar-refractivity contribution >= 4 is 28.6 Å². The molecule has 1 saturated heterocycles. The van der Waals surface area contributed by atoms with Crippen LogP contribution in [-0.2, 0) is 10.2 Å². The van der Waals surface area contributed by atoms with Gasteiger partial charge >= 0.3 is 0 Å². The summed E-state index contributed by atoms with van der Waals surface area (Å²) in [4.78, 5) is 28.5. The first kappa shape index (κ1) is 21.4. The smallest absolute Gasteiger partial charge is 0.257 e. The standard InChI is InChI=1S/C28H25FN6O/c1-2-28(19-9-5-6-10-21(19)29)18-11-12-35(15-20(18)28)23-14-30-25-24(33-34-26(25)32-23)22-13-16-7-3-4-8-17(16)27(36)31-22/h3-10,13-14,17-18,20H,2,11-12,15H2,1H3,(H,32,33,34)/t17?,18-,20+,28-/m1/s1. The monoisotopic (exact) mass is 480 g/mol. The van der Waals surface area contributed by atoms with Gasteiger partial charge in [0.25, 0.3) is 5.91 Å². The first-order valence-electron chi connectivity index (χ1n) is 12.5. The molecule has 7 rings (SSSR count). The van der Waals surface area contributed by atoms with Gasteiger partial charge in [0.2, 0.25) is 5.65 Å². The number of aromatic nitrogens is 4. The molecule has 2 fully saturated rings. The van der Waals surface area contributed by atoms with Crippen molar-refractivity contribution in [2.24, 2.45) is 22.7 Å². The lowest BCUT2D eigenvalue weighted by Gasteiger charge is -2.26. The number of hydrogen-bond donors (Lipinski definition) is 1. The maximum absolute atomic E-state index is 14.7. The van der Waals surface area contributed by atoms with Crippen LogP contribution in [0.25, 0.3) is 11.2 Å². The Morgan fingerprint density at radius 3 is 2.97 bits per heavy atom. The number of hydrogen-bond acceptors (Lipinski definition) is 5. The van der Waals surface area contributed by atoms with E-state index in [0.29, 0.717) is 34.4 Å². The van der Waals surface area contributed by atoms with Crippen molar-refractivity contribution in [3.05, 3.63) is 83.5 Å². The number of rotatable bonds is 4. The molecule has 0 spiro atoms. The molecule has 1 saturated carbocycles. The zero-order chi connectivity index (χ0) is 24.4. The third-order valence-electron chi connectivity index (χ3n) is 8.48. The lowest BCUT2D eigenvalue weighted by Crippen LogP contribution is -2.32. The van der Waals surface area contributed by atoms with Crippen LogP contribution in [0.4, 0.5) is 10.2 Å². The van der Waals surface area contributed by atoms with Crippen molar-refractivity contribution in [1.82, 2.24) is 20.2 Å². The molecule has 2 aliphatic heterocycles. The fourth-order valence-electron chi connectivity index (χ4n) is 6.68. The normalized spacial score (nSPS) is 28.6. The van der Waals surface area contributed by atoms with Gasteiger partial charge in [-0.3, -0.25) is 9.89 Å². The number of nitrogens with one attached hydrogen (secondary N) is 1. The van der Waals surface area contributed by atoms with E-state index in [1.165, 1.54) is 0 Å². The molecule has 36 heavy (non-hydrogen) atoms. The molecule has 180 valence electrons. The average molecular weight is 481 g/mol. The number of allylic oxidation sites excluding steroid dienone is 4. The van der Waals surface area contributed by atoms with Gasteiger partial charge in [-0.25, -0.2) is 19.4 Å². The molecule has 3 aromatic rings. The van der Waals surface area contributed by atoms with E-state index >= 15 is 0 Å². The van der Waals surface area contributed by atoms with Crippen LogP contribution in [0.5, 0.6) is 0 Å². The van der Waals surface area contributed by atoms with E-state index in [-0.39, 0.29) is 23.1 Å². The third-order valence-corrected chi connectivity index (χ3v) is 8.48. The molecule has 1 N–H and O–H groups in total. The number of carbonyl (C=O) groups is 1. The number of fused-ring (bicyclic) bond motifs is 3. The third kappa shape index (κ3) is 3.00. The number of carbonyl (C=O) groups excluding carboxylic acids is 1. The Bertz CT molecular complexity index is 1530. The largest absolute Gasteiger partial charge is 0.355 e. The highest BCUT2D eigenvalue weighted by Crippen LogP contribution is 2.65. The number of halogens is 1. The summed E-state index contributed by atoms with van der Waals surface area (Å²) in [6, 6.07) is 7.23. The predicted octanol–water partition coefficient (Wildman–Crippen LogP) is 4.29. The molecule has 1 unspecified atom stereocenters. The molecule has 8 heteroatoms. The van der Waals surface area contributed by atoms with Crippen LogP contribution in [0.3, 0.4) is 0 Å². The summed E-state index contributed by atoms with van der Waals surface area (Å²) >= 11 is 0. The molecule has 4 heterocycles. The number of anilines is 1. The van der Waals surface area contributed by atoms with Gasteiger partial charge in [-0.15, -0.1) is 0 Å². The summed E-state index contributed by atoms with van der Waals surface area (Å²) < 4.78 is 14.7. The minimum Gasteiger partial charge on any atom is -0.355 e. The highest BCUT2D eigenvalue weighted by molar-refractivity contribution is 6.19. The summed E-state index contributed by atoms with van der Waals surface area (Å²) in [5.41, 5.74) is 3.85. The Balaban J connectivity index is 1.16. The second-order valence-electron chi connectivity index (χ2n) is 10.0. The van der Waals surface area contributed by atoms with E-state index in [9.17, 15) is 9.18 Å². The van der Waals surface area contributed by atoms with E-state index in [1.54, 1.807) is 18.3 Å². The Hall–Kier alpha value is -3.94. The zero-order valence-electron chi connectivity index (χ0n) is 19.9. The molecule has 2 aromatic heterocycles. The number of piperidine rings is 1. The number of aromatic amines is 1. The van der Waals surface area contributed by atoms with Gasteiger partial charge in [0.05, 0.1) is 17.8 Å². The SMILES string of the molecule is CC[C@]1(c2ccccc2F)[C@@H]2CCN(c3cnc4c(C5=NC(=O)C6C=CC=CC6=C5)[nH]nc4n3)C[C@@H]21. The minimum absolute atomic E-state index is 0.100. The summed E-state index contributed by atoms with van der Waals surface area (Å²) in [5, 5.41) is 7.38. The Morgan fingerprint density at radius 1 is 1.22 bits per heavy atom. The molecule has 1 aromatic carbocycles. The fraction of sp³-hybridized carbons (Fsp3) is 0.321. The van der Waals surface area contributed by atoms with Gasteiger partial charge in [-0.05, 0) is 48.0 Å². The van der Waals surface area contributed by atoms with Crippen molar-refractivity contribution in [3.63, 3.8) is 0 Å². The molecular weight excluding hydrogens is 455 g/mol. The Morgan fingerprint density at radius 2 is 2.11 bits per heavy atom. The van der Waals surface area contributed by atoms with Gasteiger partial charge < -0.3 is 4.90 Å². The van der Waals surface area contributed by atoms with E-state index in [4.69, 9.17) is 4.98 Å². The fourth-order valence-corrected chi connectivity index (χ4v) is 6.68. The molecule has 7 nitrogen and oxygen atoms in total. The number of H-pyrrole nitrogens is 1. The Labute approximate surface area is 207 Å². The lowest BCUT2D eigenvalue weighted by molar-refractivity contribution is -0.119. The van der Waals surface area contributed by atoms with Crippen molar-refractivity contribution < 1.29 is 9.18 Å². The number of aliphatic imine (C=N–C) groups is 1. The highest BCUT2D eigenvalue weighted by Gasteiger charge is 2.65. The van der Waals surface area contributed by atoms with Gasteiger partial charge in [0.1, 0.15) is 22.8 Å². The van der Waals surface area contributed by atoms with Crippen LogP contribution in [0, 0.1) is 23.6 Å². The quantitative estimate of drug-likeness (QED) is 0.602. The molecule has 1 amide bonds.